The third kappa shape index (κ3) is 2.62. The molecular formula is C12H9F3N2O. The first-order valence-corrected chi connectivity index (χ1v) is 5.29. The molecule has 0 unspecified atom stereocenters. The maximum Gasteiger partial charge on any atom is 0.393 e. The van der Waals surface area contributed by atoms with Crippen LogP contribution in [0.3, 0.4) is 0 Å². The first kappa shape index (κ1) is 12.4. The van der Waals surface area contributed by atoms with Crippen LogP contribution in [0.4, 0.5) is 13.2 Å². The molecule has 0 radical (unpaired) electrons. The Labute approximate surface area is 101 Å². The van der Waals surface area contributed by atoms with Crippen molar-refractivity contribution >= 4 is 11.1 Å². The Morgan fingerprint density at radius 2 is 2.06 bits per heavy atom. The Morgan fingerprint density at radius 3 is 2.67 bits per heavy atom. The molecule has 6 heteroatoms. The molecule has 0 amide bonds. The fourth-order valence-corrected chi connectivity index (χ4v) is 1.63. The van der Waals surface area contributed by atoms with Gasteiger partial charge in [0.15, 0.2) is 11.5 Å². The van der Waals surface area contributed by atoms with E-state index in [4.69, 9.17) is 9.68 Å². The van der Waals surface area contributed by atoms with E-state index in [2.05, 4.69) is 4.98 Å². The fraction of sp³-hybridized carbons (Fsp3) is 0.333. The molecule has 0 aliphatic carbocycles. The molecule has 94 valence electrons. The zero-order valence-corrected chi connectivity index (χ0v) is 9.24. The topological polar surface area (TPSA) is 49.8 Å². The molecule has 0 spiro atoms. The molecule has 0 N–H and O–H groups in total. The van der Waals surface area contributed by atoms with Crippen LogP contribution in [0.2, 0.25) is 0 Å². The number of fused-ring (bicyclic) bond motifs is 1. The number of alkyl halides is 3. The highest BCUT2D eigenvalue weighted by Crippen LogP contribution is 2.31. The highest BCUT2D eigenvalue weighted by molar-refractivity contribution is 5.72. The van der Waals surface area contributed by atoms with Crippen LogP contribution < -0.4 is 0 Å². The molecule has 0 saturated heterocycles. The summed E-state index contributed by atoms with van der Waals surface area (Å²) in [6, 6.07) is 8.28. The summed E-state index contributed by atoms with van der Waals surface area (Å²) in [4.78, 5) is 3.97. The van der Waals surface area contributed by atoms with E-state index in [0.29, 0.717) is 11.1 Å². The molecule has 0 fully saturated rings. The molecule has 2 aromatic rings. The largest absolute Gasteiger partial charge is 0.441 e. The van der Waals surface area contributed by atoms with E-state index in [1.54, 1.807) is 24.3 Å². The van der Waals surface area contributed by atoms with Crippen molar-refractivity contribution in [2.75, 3.05) is 0 Å². The van der Waals surface area contributed by atoms with E-state index in [-0.39, 0.29) is 5.89 Å². The quantitative estimate of drug-likeness (QED) is 0.842. The summed E-state index contributed by atoms with van der Waals surface area (Å²) in [6.45, 7) is 0. The lowest BCUT2D eigenvalue weighted by Gasteiger charge is -2.15. The molecule has 1 aromatic carbocycles. The van der Waals surface area contributed by atoms with Crippen molar-refractivity contribution in [3.8, 4) is 6.07 Å². The number of halogens is 3. The van der Waals surface area contributed by atoms with Gasteiger partial charge in [0.1, 0.15) is 5.52 Å². The van der Waals surface area contributed by atoms with Gasteiger partial charge in [-0.2, -0.15) is 18.4 Å². The molecular weight excluding hydrogens is 245 g/mol. The van der Waals surface area contributed by atoms with Gasteiger partial charge in [-0.05, 0) is 12.1 Å². The maximum atomic E-state index is 12.6. The molecule has 0 aliphatic heterocycles. The van der Waals surface area contributed by atoms with Gasteiger partial charge < -0.3 is 4.42 Å². The van der Waals surface area contributed by atoms with Crippen LogP contribution in [0.25, 0.3) is 11.1 Å². The van der Waals surface area contributed by atoms with Gasteiger partial charge in [0.05, 0.1) is 12.0 Å². The highest BCUT2D eigenvalue weighted by atomic mass is 19.4. The lowest BCUT2D eigenvalue weighted by molar-refractivity contribution is -0.173. The summed E-state index contributed by atoms with van der Waals surface area (Å²) in [5, 5.41) is 8.42. The predicted octanol–water partition coefficient (Wildman–Crippen LogP) is 3.46. The monoisotopic (exact) mass is 254 g/mol. The number of hydrogen-bond acceptors (Lipinski definition) is 3. The molecule has 0 bridgehead atoms. The second-order valence-corrected chi connectivity index (χ2v) is 3.88. The van der Waals surface area contributed by atoms with Crippen molar-refractivity contribution in [3.05, 3.63) is 30.2 Å². The average Bonchev–Trinajstić information content (AvgIpc) is 2.69. The second-order valence-electron chi connectivity index (χ2n) is 3.88. The van der Waals surface area contributed by atoms with Crippen molar-refractivity contribution in [3.63, 3.8) is 0 Å². The Morgan fingerprint density at radius 1 is 1.33 bits per heavy atom. The fourth-order valence-electron chi connectivity index (χ4n) is 1.63. The Balaban J connectivity index is 2.24. The van der Waals surface area contributed by atoms with Crippen molar-refractivity contribution < 1.29 is 17.6 Å². The van der Waals surface area contributed by atoms with Crippen LogP contribution in [0.1, 0.15) is 12.3 Å². The molecule has 1 atom stereocenters. The molecule has 2 rings (SSSR count). The summed E-state index contributed by atoms with van der Waals surface area (Å²) in [6.07, 6.45) is -5.43. The van der Waals surface area contributed by atoms with Gasteiger partial charge in [-0.1, -0.05) is 12.1 Å². The van der Waals surface area contributed by atoms with Gasteiger partial charge >= 0.3 is 6.18 Å². The normalized spacial score (nSPS) is 13.4. The Hall–Kier alpha value is -2.03. The van der Waals surface area contributed by atoms with Gasteiger partial charge in [0, 0.05) is 12.8 Å². The van der Waals surface area contributed by atoms with Crippen LogP contribution >= 0.6 is 0 Å². The van der Waals surface area contributed by atoms with Crippen LogP contribution in [0, 0.1) is 17.2 Å². The van der Waals surface area contributed by atoms with Gasteiger partial charge in [-0.25, -0.2) is 4.98 Å². The lowest BCUT2D eigenvalue weighted by Crippen LogP contribution is -2.24. The minimum absolute atomic E-state index is 0.00813. The van der Waals surface area contributed by atoms with Crippen LogP contribution in [0.15, 0.2) is 28.7 Å². The summed E-state index contributed by atoms with van der Waals surface area (Å²) in [5.74, 6) is -1.73. The number of para-hydroxylation sites is 2. The van der Waals surface area contributed by atoms with Crippen LogP contribution in [0.5, 0.6) is 0 Å². The van der Waals surface area contributed by atoms with E-state index in [1.807, 2.05) is 0 Å². The minimum Gasteiger partial charge on any atom is -0.441 e. The minimum atomic E-state index is -4.42. The van der Waals surface area contributed by atoms with Crippen LogP contribution in [-0.4, -0.2) is 11.2 Å². The predicted molar refractivity (Wildman–Crippen MR) is 57.5 cm³/mol. The molecule has 1 aromatic heterocycles. The summed E-state index contributed by atoms with van der Waals surface area (Å²) >= 11 is 0. The summed E-state index contributed by atoms with van der Waals surface area (Å²) < 4.78 is 43.1. The van der Waals surface area contributed by atoms with E-state index in [1.165, 1.54) is 6.07 Å². The zero-order valence-electron chi connectivity index (χ0n) is 9.24. The van der Waals surface area contributed by atoms with Gasteiger partial charge in [-0.3, -0.25) is 0 Å². The van der Waals surface area contributed by atoms with Crippen molar-refractivity contribution in [2.24, 2.45) is 5.92 Å². The number of benzene rings is 1. The molecule has 3 nitrogen and oxygen atoms in total. The smallest absolute Gasteiger partial charge is 0.393 e. The summed E-state index contributed by atoms with van der Waals surface area (Å²) in [7, 11) is 0. The number of nitriles is 1. The maximum absolute atomic E-state index is 12.6. The van der Waals surface area contributed by atoms with E-state index >= 15 is 0 Å². The third-order valence-electron chi connectivity index (χ3n) is 2.56. The number of aromatic nitrogens is 1. The van der Waals surface area contributed by atoms with Crippen LogP contribution in [-0.2, 0) is 6.42 Å². The molecule has 0 aliphatic rings. The van der Waals surface area contributed by atoms with Crippen molar-refractivity contribution in [1.82, 2.24) is 4.98 Å². The number of rotatable bonds is 3. The first-order valence-electron chi connectivity index (χ1n) is 5.29. The summed E-state index contributed by atoms with van der Waals surface area (Å²) in [5.41, 5.74) is 0.968. The van der Waals surface area contributed by atoms with Gasteiger partial charge in [0.25, 0.3) is 0 Å². The highest BCUT2D eigenvalue weighted by Gasteiger charge is 2.40. The van der Waals surface area contributed by atoms with Gasteiger partial charge in [0.2, 0.25) is 0 Å². The zero-order chi connectivity index (χ0) is 13.2. The Kier molecular flexibility index (Phi) is 3.24. The second kappa shape index (κ2) is 4.69. The standard InChI is InChI=1S/C12H9F3N2O/c13-12(14,15)8(5-6-16)7-11-17-9-3-1-2-4-10(9)18-11/h1-4,8H,5,7H2/t8-/m1/s1. The third-order valence-corrected chi connectivity index (χ3v) is 2.56. The first-order chi connectivity index (χ1) is 8.50. The lowest BCUT2D eigenvalue weighted by atomic mass is 10.0. The van der Waals surface area contributed by atoms with E-state index < -0.39 is 24.9 Å². The van der Waals surface area contributed by atoms with Gasteiger partial charge in [-0.15, -0.1) is 0 Å². The van der Waals surface area contributed by atoms with E-state index in [9.17, 15) is 13.2 Å². The molecule has 18 heavy (non-hydrogen) atoms. The SMILES string of the molecule is N#CC[C@H](Cc1nc2ccccc2o1)C(F)(F)F. The van der Waals surface area contributed by atoms with E-state index in [0.717, 1.165) is 0 Å². The van der Waals surface area contributed by atoms with Crippen molar-refractivity contribution in [1.29, 1.82) is 5.26 Å². The average molecular weight is 254 g/mol. The Bertz CT molecular complexity index is 550. The van der Waals surface area contributed by atoms with Crippen molar-refractivity contribution in [2.45, 2.75) is 19.0 Å². The molecule has 1 heterocycles. The number of oxazole rings is 1. The molecule has 0 saturated carbocycles. The number of nitrogens with zero attached hydrogens (tertiary/aromatic N) is 2. The number of hydrogen-bond donors (Lipinski definition) is 0.